The van der Waals surface area contributed by atoms with Gasteiger partial charge in [-0.05, 0) is 29.1 Å². The standard InChI is InChI=1S/C12H7Cl2N3OS/c1-17-8(13)5-6-9(15-12(14)16-11(6)17)10(18)7-3-2-4-19-7/h2-5H,1H3. The first-order valence-electron chi connectivity index (χ1n) is 5.34. The lowest BCUT2D eigenvalue weighted by atomic mass is 10.2. The number of nitrogens with zero attached hydrogens (tertiary/aromatic N) is 3. The van der Waals surface area contributed by atoms with Gasteiger partial charge in [0.15, 0.2) is 0 Å². The first kappa shape index (κ1) is 12.6. The monoisotopic (exact) mass is 311 g/mol. The van der Waals surface area contributed by atoms with Crippen LogP contribution in [0.15, 0.2) is 23.6 Å². The summed E-state index contributed by atoms with van der Waals surface area (Å²) >= 11 is 13.3. The van der Waals surface area contributed by atoms with Crippen LogP contribution in [0.25, 0.3) is 11.0 Å². The van der Waals surface area contributed by atoms with Crippen LogP contribution in [-0.2, 0) is 7.05 Å². The number of aromatic nitrogens is 3. The fraction of sp³-hybridized carbons (Fsp3) is 0.0833. The minimum Gasteiger partial charge on any atom is -0.319 e. The third-order valence-corrected chi connectivity index (χ3v) is 4.16. The predicted molar refractivity (Wildman–Crippen MR) is 76.3 cm³/mol. The van der Waals surface area contributed by atoms with Gasteiger partial charge in [-0.15, -0.1) is 11.3 Å². The molecule has 0 spiro atoms. The Morgan fingerprint density at radius 3 is 2.84 bits per heavy atom. The van der Waals surface area contributed by atoms with Crippen molar-refractivity contribution in [3.63, 3.8) is 0 Å². The van der Waals surface area contributed by atoms with E-state index in [2.05, 4.69) is 9.97 Å². The highest BCUT2D eigenvalue weighted by atomic mass is 35.5. The molecule has 0 radical (unpaired) electrons. The summed E-state index contributed by atoms with van der Waals surface area (Å²) in [5, 5.41) is 2.96. The van der Waals surface area contributed by atoms with Gasteiger partial charge in [-0.25, -0.2) is 4.98 Å². The SMILES string of the molecule is Cn1c(Cl)cc2c(C(=O)c3cccs3)nc(Cl)nc21. The second-order valence-corrected chi connectivity index (χ2v) is 5.58. The fourth-order valence-corrected chi connectivity index (χ4v) is 2.85. The van der Waals surface area contributed by atoms with E-state index in [0.717, 1.165) is 0 Å². The van der Waals surface area contributed by atoms with Gasteiger partial charge >= 0.3 is 0 Å². The van der Waals surface area contributed by atoms with Crippen molar-refractivity contribution < 1.29 is 4.79 Å². The number of hydrogen-bond acceptors (Lipinski definition) is 4. The van der Waals surface area contributed by atoms with E-state index in [1.165, 1.54) is 11.3 Å². The van der Waals surface area contributed by atoms with E-state index < -0.39 is 0 Å². The van der Waals surface area contributed by atoms with Crippen molar-refractivity contribution in [2.45, 2.75) is 0 Å². The molecule has 0 aliphatic carbocycles. The Balaban J connectivity index is 2.29. The van der Waals surface area contributed by atoms with Crippen molar-refractivity contribution in [1.29, 1.82) is 0 Å². The molecule has 0 saturated carbocycles. The number of hydrogen-bond donors (Lipinski definition) is 0. The number of ketones is 1. The Kier molecular flexibility index (Phi) is 3.05. The van der Waals surface area contributed by atoms with Crippen LogP contribution in [0.3, 0.4) is 0 Å². The third kappa shape index (κ3) is 2.04. The van der Waals surface area contributed by atoms with E-state index in [0.29, 0.717) is 21.1 Å². The molecule has 0 fully saturated rings. The van der Waals surface area contributed by atoms with E-state index in [1.54, 1.807) is 23.7 Å². The van der Waals surface area contributed by atoms with Crippen LogP contribution in [-0.4, -0.2) is 20.3 Å². The highest BCUT2D eigenvalue weighted by Crippen LogP contribution is 2.26. The van der Waals surface area contributed by atoms with Crippen LogP contribution in [0, 0.1) is 0 Å². The molecular weight excluding hydrogens is 305 g/mol. The van der Waals surface area contributed by atoms with Crippen molar-refractivity contribution in [1.82, 2.24) is 14.5 Å². The molecule has 0 unspecified atom stereocenters. The molecule has 7 heteroatoms. The molecule has 19 heavy (non-hydrogen) atoms. The molecule has 0 amide bonds. The van der Waals surface area contributed by atoms with E-state index in [-0.39, 0.29) is 16.8 Å². The van der Waals surface area contributed by atoms with Crippen LogP contribution in [0.5, 0.6) is 0 Å². The van der Waals surface area contributed by atoms with Gasteiger partial charge in [0, 0.05) is 7.05 Å². The number of carbonyl (C=O) groups is 1. The maximum Gasteiger partial charge on any atom is 0.225 e. The molecule has 0 aromatic carbocycles. The van der Waals surface area contributed by atoms with Gasteiger partial charge in [0.2, 0.25) is 11.1 Å². The van der Waals surface area contributed by atoms with Crippen molar-refractivity contribution in [2.24, 2.45) is 7.05 Å². The molecule has 3 heterocycles. The molecule has 4 nitrogen and oxygen atoms in total. The van der Waals surface area contributed by atoms with E-state index in [1.807, 2.05) is 11.4 Å². The van der Waals surface area contributed by atoms with Gasteiger partial charge in [-0.3, -0.25) is 4.79 Å². The minimum atomic E-state index is -0.174. The van der Waals surface area contributed by atoms with Gasteiger partial charge in [0.05, 0.1) is 10.3 Å². The van der Waals surface area contributed by atoms with Gasteiger partial charge < -0.3 is 4.57 Å². The molecule has 0 aliphatic heterocycles. The molecule has 0 bridgehead atoms. The first-order chi connectivity index (χ1) is 9.08. The van der Waals surface area contributed by atoms with Crippen LogP contribution < -0.4 is 0 Å². The maximum absolute atomic E-state index is 12.4. The Morgan fingerprint density at radius 1 is 1.37 bits per heavy atom. The highest BCUT2D eigenvalue weighted by molar-refractivity contribution is 7.12. The van der Waals surface area contributed by atoms with E-state index in [9.17, 15) is 4.79 Å². The lowest BCUT2D eigenvalue weighted by Crippen LogP contribution is -2.05. The van der Waals surface area contributed by atoms with E-state index in [4.69, 9.17) is 23.2 Å². The molecular formula is C12H7Cl2N3OS. The first-order valence-corrected chi connectivity index (χ1v) is 6.98. The Hall–Kier alpha value is -1.43. The predicted octanol–water partition coefficient (Wildman–Crippen LogP) is 3.57. The molecule has 0 N–H and O–H groups in total. The number of rotatable bonds is 2. The van der Waals surface area contributed by atoms with Crippen LogP contribution in [0.2, 0.25) is 10.4 Å². The molecule has 3 aromatic rings. The zero-order chi connectivity index (χ0) is 13.6. The molecule has 0 saturated heterocycles. The normalized spacial score (nSPS) is 11.1. The molecule has 0 aliphatic rings. The zero-order valence-electron chi connectivity index (χ0n) is 9.72. The number of carbonyl (C=O) groups excluding carboxylic acids is 1. The van der Waals surface area contributed by atoms with Gasteiger partial charge in [0.25, 0.3) is 0 Å². The summed E-state index contributed by atoms with van der Waals surface area (Å²) in [5.41, 5.74) is 0.824. The lowest BCUT2D eigenvalue weighted by molar-refractivity contribution is 0.103. The number of thiophene rings is 1. The smallest absolute Gasteiger partial charge is 0.225 e. The quantitative estimate of drug-likeness (QED) is 0.537. The van der Waals surface area contributed by atoms with Gasteiger partial charge in [-0.1, -0.05) is 17.7 Å². The molecule has 3 aromatic heterocycles. The summed E-state index contributed by atoms with van der Waals surface area (Å²) < 4.78 is 1.66. The molecule has 3 rings (SSSR count). The number of aryl methyl sites for hydroxylation is 1. The molecule has 96 valence electrons. The highest BCUT2D eigenvalue weighted by Gasteiger charge is 2.20. The summed E-state index contributed by atoms with van der Waals surface area (Å²) in [4.78, 5) is 21.2. The topological polar surface area (TPSA) is 47.8 Å². The van der Waals surface area contributed by atoms with Crippen LogP contribution in [0.1, 0.15) is 15.4 Å². The van der Waals surface area contributed by atoms with Crippen molar-refractivity contribution in [2.75, 3.05) is 0 Å². The maximum atomic E-state index is 12.4. The third-order valence-electron chi connectivity index (χ3n) is 2.76. The summed E-state index contributed by atoms with van der Waals surface area (Å²) in [7, 11) is 1.76. The summed E-state index contributed by atoms with van der Waals surface area (Å²) in [5.74, 6) is -0.174. The number of fused-ring (bicyclic) bond motifs is 1. The Bertz CT molecular complexity index is 780. The molecule has 0 atom stereocenters. The minimum absolute atomic E-state index is 0.0327. The zero-order valence-corrected chi connectivity index (χ0v) is 12.1. The average molecular weight is 312 g/mol. The van der Waals surface area contributed by atoms with Crippen LogP contribution in [0.4, 0.5) is 0 Å². The van der Waals surface area contributed by atoms with Gasteiger partial charge in [0.1, 0.15) is 16.5 Å². The number of halogens is 2. The Morgan fingerprint density at radius 2 is 2.16 bits per heavy atom. The second kappa shape index (κ2) is 4.59. The average Bonchev–Trinajstić information content (AvgIpc) is 3.00. The van der Waals surface area contributed by atoms with Crippen molar-refractivity contribution >= 4 is 51.4 Å². The van der Waals surface area contributed by atoms with Crippen molar-refractivity contribution in [3.8, 4) is 0 Å². The summed E-state index contributed by atoms with van der Waals surface area (Å²) in [6.07, 6.45) is 0. The summed E-state index contributed by atoms with van der Waals surface area (Å²) in [6, 6.07) is 5.24. The van der Waals surface area contributed by atoms with Crippen LogP contribution >= 0.6 is 34.5 Å². The van der Waals surface area contributed by atoms with Crippen molar-refractivity contribution in [3.05, 3.63) is 44.6 Å². The summed E-state index contributed by atoms with van der Waals surface area (Å²) in [6.45, 7) is 0. The van der Waals surface area contributed by atoms with E-state index >= 15 is 0 Å². The lowest BCUT2D eigenvalue weighted by Gasteiger charge is -2.02. The Labute approximate surface area is 122 Å². The van der Waals surface area contributed by atoms with Gasteiger partial charge in [-0.2, -0.15) is 4.98 Å². The largest absolute Gasteiger partial charge is 0.319 e. The fourth-order valence-electron chi connectivity index (χ4n) is 1.83. The second-order valence-electron chi connectivity index (χ2n) is 3.91.